The van der Waals surface area contributed by atoms with Crippen LogP contribution >= 0.6 is 11.6 Å². The Morgan fingerprint density at radius 1 is 1.10 bits per heavy atom. The van der Waals surface area contributed by atoms with Crippen LogP contribution in [0.25, 0.3) is 22.1 Å². The normalized spacial score (nSPS) is 14.6. The van der Waals surface area contributed by atoms with Crippen LogP contribution in [0.4, 0.5) is 0 Å². The molecule has 2 aromatic carbocycles. The molecule has 30 heavy (non-hydrogen) atoms. The van der Waals surface area contributed by atoms with E-state index >= 15 is 0 Å². The van der Waals surface area contributed by atoms with Gasteiger partial charge in [0, 0.05) is 24.1 Å². The SMILES string of the molecule is O=C(COc1cc2oc(=O)cc(-c3ccccc3)c2cc1Cl)NCC1CCCCC1. The molecule has 1 N–H and O–H groups in total. The van der Waals surface area contributed by atoms with E-state index in [1.807, 2.05) is 30.3 Å². The molecule has 0 bridgehead atoms. The first-order valence-corrected chi connectivity index (χ1v) is 10.7. The van der Waals surface area contributed by atoms with Crippen LogP contribution in [-0.4, -0.2) is 19.1 Å². The molecule has 1 saturated carbocycles. The second-order valence-electron chi connectivity index (χ2n) is 7.72. The summed E-state index contributed by atoms with van der Waals surface area (Å²) in [6.45, 7) is 0.545. The third-order valence-corrected chi connectivity index (χ3v) is 5.85. The zero-order valence-corrected chi connectivity index (χ0v) is 17.4. The summed E-state index contributed by atoms with van der Waals surface area (Å²) in [6.07, 6.45) is 6.09. The summed E-state index contributed by atoms with van der Waals surface area (Å²) >= 11 is 6.41. The van der Waals surface area contributed by atoms with Crippen molar-refractivity contribution >= 4 is 28.5 Å². The van der Waals surface area contributed by atoms with E-state index in [0.717, 1.165) is 11.1 Å². The van der Waals surface area contributed by atoms with E-state index in [0.29, 0.717) is 34.2 Å². The summed E-state index contributed by atoms with van der Waals surface area (Å²) in [7, 11) is 0. The van der Waals surface area contributed by atoms with E-state index in [-0.39, 0.29) is 12.5 Å². The van der Waals surface area contributed by atoms with Crippen molar-refractivity contribution < 1.29 is 13.9 Å². The molecule has 0 unspecified atom stereocenters. The van der Waals surface area contributed by atoms with Gasteiger partial charge in [-0.05, 0) is 36.0 Å². The fourth-order valence-electron chi connectivity index (χ4n) is 3.97. The lowest BCUT2D eigenvalue weighted by Crippen LogP contribution is -2.33. The molecule has 1 heterocycles. The number of ether oxygens (including phenoxy) is 1. The Morgan fingerprint density at radius 3 is 2.63 bits per heavy atom. The van der Waals surface area contributed by atoms with Gasteiger partial charge in [0.25, 0.3) is 5.91 Å². The maximum Gasteiger partial charge on any atom is 0.336 e. The summed E-state index contributed by atoms with van der Waals surface area (Å²) in [5.74, 6) is 0.680. The van der Waals surface area contributed by atoms with Crippen LogP contribution in [0.15, 0.2) is 57.7 Å². The molecule has 0 saturated heterocycles. The van der Waals surface area contributed by atoms with E-state index < -0.39 is 5.63 Å². The summed E-state index contributed by atoms with van der Waals surface area (Å²) in [5, 5.41) is 4.00. The molecule has 1 amide bonds. The van der Waals surface area contributed by atoms with Crippen molar-refractivity contribution in [2.75, 3.05) is 13.2 Å². The highest BCUT2D eigenvalue weighted by Gasteiger charge is 2.16. The van der Waals surface area contributed by atoms with Crippen LogP contribution in [0.1, 0.15) is 32.1 Å². The summed E-state index contributed by atoms with van der Waals surface area (Å²) in [4.78, 5) is 24.2. The first kappa shape index (κ1) is 20.5. The van der Waals surface area contributed by atoms with Crippen molar-refractivity contribution in [3.8, 4) is 16.9 Å². The van der Waals surface area contributed by atoms with Crippen LogP contribution in [0, 0.1) is 5.92 Å². The molecule has 1 aliphatic rings. The smallest absolute Gasteiger partial charge is 0.336 e. The monoisotopic (exact) mass is 425 g/mol. The van der Waals surface area contributed by atoms with Gasteiger partial charge in [0.2, 0.25) is 0 Å². The quantitative estimate of drug-likeness (QED) is 0.552. The highest BCUT2D eigenvalue weighted by molar-refractivity contribution is 6.33. The van der Waals surface area contributed by atoms with Crippen molar-refractivity contribution in [3.63, 3.8) is 0 Å². The van der Waals surface area contributed by atoms with Gasteiger partial charge in [-0.2, -0.15) is 0 Å². The van der Waals surface area contributed by atoms with E-state index in [2.05, 4.69) is 5.32 Å². The fraction of sp³-hybridized carbons (Fsp3) is 0.333. The summed E-state index contributed by atoms with van der Waals surface area (Å²) in [5.41, 5.74) is 1.53. The molecule has 6 heteroatoms. The van der Waals surface area contributed by atoms with Crippen molar-refractivity contribution in [2.45, 2.75) is 32.1 Å². The molecule has 4 rings (SSSR count). The molecule has 0 spiro atoms. The molecule has 3 aromatic rings. The number of halogens is 1. The number of carbonyl (C=O) groups excluding carboxylic acids is 1. The Morgan fingerprint density at radius 2 is 1.87 bits per heavy atom. The number of nitrogens with one attached hydrogen (secondary N) is 1. The summed E-state index contributed by atoms with van der Waals surface area (Å²) in [6, 6.07) is 14.3. The van der Waals surface area contributed by atoms with Gasteiger partial charge in [0.1, 0.15) is 11.3 Å². The number of carbonyl (C=O) groups is 1. The molecular formula is C24H24ClNO4. The van der Waals surface area contributed by atoms with Crippen molar-refractivity contribution in [2.24, 2.45) is 5.92 Å². The predicted molar refractivity (Wildman–Crippen MR) is 118 cm³/mol. The number of fused-ring (bicyclic) bond motifs is 1. The topological polar surface area (TPSA) is 68.5 Å². The number of amides is 1. The molecule has 1 aromatic heterocycles. The number of hydrogen-bond acceptors (Lipinski definition) is 4. The van der Waals surface area contributed by atoms with Crippen LogP contribution in [0.3, 0.4) is 0 Å². The van der Waals surface area contributed by atoms with Crippen molar-refractivity contribution in [1.29, 1.82) is 0 Å². The predicted octanol–water partition coefficient (Wildman–Crippen LogP) is 5.19. The van der Waals surface area contributed by atoms with Gasteiger partial charge >= 0.3 is 5.63 Å². The second-order valence-corrected chi connectivity index (χ2v) is 8.13. The highest BCUT2D eigenvalue weighted by atomic mass is 35.5. The Bertz CT molecular complexity index is 1090. The maximum atomic E-state index is 12.2. The van der Waals surface area contributed by atoms with Gasteiger partial charge in [0.05, 0.1) is 5.02 Å². The van der Waals surface area contributed by atoms with Gasteiger partial charge < -0.3 is 14.5 Å². The van der Waals surface area contributed by atoms with Gasteiger partial charge in [-0.25, -0.2) is 4.79 Å². The molecule has 1 fully saturated rings. The molecular weight excluding hydrogens is 402 g/mol. The lowest BCUT2D eigenvalue weighted by atomic mass is 9.89. The standard InChI is InChI=1S/C24H24ClNO4/c25-20-11-19-18(17-9-5-2-6-10-17)12-24(28)30-21(19)13-22(20)29-15-23(27)26-14-16-7-3-1-4-8-16/h2,5-6,9-13,16H,1,3-4,7-8,14-15H2,(H,26,27). The lowest BCUT2D eigenvalue weighted by molar-refractivity contribution is -0.123. The zero-order valence-electron chi connectivity index (χ0n) is 16.7. The number of rotatable bonds is 6. The molecule has 5 nitrogen and oxygen atoms in total. The van der Waals surface area contributed by atoms with E-state index in [9.17, 15) is 9.59 Å². The van der Waals surface area contributed by atoms with E-state index in [4.69, 9.17) is 20.8 Å². The summed E-state index contributed by atoms with van der Waals surface area (Å²) < 4.78 is 11.0. The third kappa shape index (κ3) is 4.85. The van der Waals surface area contributed by atoms with Gasteiger partial charge in [-0.15, -0.1) is 0 Å². The first-order valence-electron chi connectivity index (χ1n) is 10.3. The molecule has 0 aliphatic heterocycles. The number of benzene rings is 2. The van der Waals surface area contributed by atoms with E-state index in [1.54, 1.807) is 12.1 Å². The van der Waals surface area contributed by atoms with Gasteiger partial charge in [-0.3, -0.25) is 4.79 Å². The van der Waals surface area contributed by atoms with Gasteiger partial charge in [-0.1, -0.05) is 61.2 Å². The van der Waals surface area contributed by atoms with Crippen LogP contribution < -0.4 is 15.7 Å². The average Bonchev–Trinajstić information content (AvgIpc) is 2.77. The Balaban J connectivity index is 1.49. The molecule has 0 radical (unpaired) electrons. The number of hydrogen-bond donors (Lipinski definition) is 1. The largest absolute Gasteiger partial charge is 0.482 e. The van der Waals surface area contributed by atoms with Crippen molar-refractivity contribution in [1.82, 2.24) is 5.32 Å². The maximum absolute atomic E-state index is 12.2. The van der Waals surface area contributed by atoms with Crippen LogP contribution in [0.5, 0.6) is 5.75 Å². The Kier molecular flexibility index (Phi) is 6.38. The third-order valence-electron chi connectivity index (χ3n) is 5.55. The Hall–Kier alpha value is -2.79. The minimum absolute atomic E-state index is 0.138. The minimum Gasteiger partial charge on any atom is -0.482 e. The highest BCUT2D eigenvalue weighted by Crippen LogP contribution is 2.34. The average molecular weight is 426 g/mol. The lowest BCUT2D eigenvalue weighted by Gasteiger charge is -2.21. The fourth-order valence-corrected chi connectivity index (χ4v) is 4.19. The minimum atomic E-state index is -0.458. The first-order chi connectivity index (χ1) is 14.6. The van der Waals surface area contributed by atoms with E-state index in [1.165, 1.54) is 38.2 Å². The Labute approximate surface area is 180 Å². The van der Waals surface area contributed by atoms with Crippen molar-refractivity contribution in [3.05, 3.63) is 64.0 Å². The second kappa shape index (κ2) is 9.35. The van der Waals surface area contributed by atoms with Crippen LogP contribution in [-0.2, 0) is 4.79 Å². The van der Waals surface area contributed by atoms with Crippen LogP contribution in [0.2, 0.25) is 5.02 Å². The molecule has 156 valence electrons. The zero-order chi connectivity index (χ0) is 20.9. The molecule has 1 aliphatic carbocycles. The molecule has 0 atom stereocenters. The van der Waals surface area contributed by atoms with Gasteiger partial charge in [0.15, 0.2) is 6.61 Å².